The lowest BCUT2D eigenvalue weighted by atomic mass is 10.1. The number of nitrogens with zero attached hydrogens (tertiary/aromatic N) is 3. The van der Waals surface area contributed by atoms with E-state index in [9.17, 15) is 22.8 Å². The Balaban J connectivity index is 1.69. The van der Waals surface area contributed by atoms with E-state index in [0.29, 0.717) is 23.1 Å². The van der Waals surface area contributed by atoms with Gasteiger partial charge in [0, 0.05) is 21.7 Å². The van der Waals surface area contributed by atoms with Gasteiger partial charge in [0.05, 0.1) is 12.2 Å². The molecule has 3 rings (SSSR count). The van der Waals surface area contributed by atoms with Crippen LogP contribution in [0.15, 0.2) is 52.0 Å². The Morgan fingerprint density at radius 3 is 2.65 bits per heavy atom. The van der Waals surface area contributed by atoms with E-state index in [1.54, 1.807) is 0 Å². The van der Waals surface area contributed by atoms with Crippen LogP contribution < -0.4 is 15.4 Å². The molecule has 2 aromatic carbocycles. The summed E-state index contributed by atoms with van der Waals surface area (Å²) in [7, 11) is 0. The molecule has 178 valence electrons. The van der Waals surface area contributed by atoms with Crippen LogP contribution in [0.2, 0.25) is 0 Å². The zero-order valence-electron chi connectivity index (χ0n) is 18.0. The summed E-state index contributed by atoms with van der Waals surface area (Å²) in [6.45, 7) is 2.11. The maximum absolute atomic E-state index is 13.4. The third-order valence-electron chi connectivity index (χ3n) is 4.66. The van der Waals surface area contributed by atoms with Crippen molar-refractivity contribution in [3.63, 3.8) is 0 Å². The smallest absolute Gasteiger partial charge is 0.420 e. The Labute approximate surface area is 191 Å². The Morgan fingerprint density at radius 2 is 1.94 bits per heavy atom. The molecule has 3 aromatic rings. The normalized spacial score (nSPS) is 11.1. The molecule has 0 saturated heterocycles. The van der Waals surface area contributed by atoms with E-state index in [-0.39, 0.29) is 23.8 Å². The fourth-order valence-electron chi connectivity index (χ4n) is 3.07. The number of anilines is 1. The molecule has 2 N–H and O–H groups in total. The topological polar surface area (TPSA) is 129 Å². The van der Waals surface area contributed by atoms with Crippen LogP contribution in [0.4, 0.5) is 29.3 Å². The highest BCUT2D eigenvalue weighted by molar-refractivity contribution is 6.08. The average molecular weight is 475 g/mol. The highest BCUT2D eigenvalue weighted by Crippen LogP contribution is 2.38. The summed E-state index contributed by atoms with van der Waals surface area (Å²) < 4.78 is 51.0. The van der Waals surface area contributed by atoms with Gasteiger partial charge in [-0.25, -0.2) is 4.79 Å². The molecule has 0 spiro atoms. The quantitative estimate of drug-likeness (QED) is 0.158. The number of azide groups is 1. The summed E-state index contributed by atoms with van der Waals surface area (Å²) in [6, 6.07) is 7.83. The molecule has 12 heteroatoms. The largest absolute Gasteiger partial charge is 0.493 e. The van der Waals surface area contributed by atoms with Gasteiger partial charge in [0.15, 0.2) is 5.76 Å². The fraction of sp³-hybridized carbons (Fsp3) is 0.273. The van der Waals surface area contributed by atoms with E-state index in [0.717, 1.165) is 25.0 Å². The number of furan rings is 1. The second kappa shape index (κ2) is 10.6. The Bertz CT molecular complexity index is 1250. The Morgan fingerprint density at radius 1 is 1.15 bits per heavy atom. The number of carbonyl (C=O) groups is 2. The molecule has 1 heterocycles. The van der Waals surface area contributed by atoms with Crippen molar-refractivity contribution in [2.75, 3.05) is 11.9 Å². The Kier molecular flexibility index (Phi) is 7.64. The molecule has 34 heavy (non-hydrogen) atoms. The molecule has 0 atom stereocenters. The number of imide groups is 1. The molecular weight excluding hydrogens is 455 g/mol. The number of urea groups is 1. The zero-order valence-corrected chi connectivity index (χ0v) is 18.0. The van der Waals surface area contributed by atoms with Gasteiger partial charge in [-0.1, -0.05) is 24.9 Å². The molecule has 0 bridgehead atoms. The van der Waals surface area contributed by atoms with E-state index >= 15 is 0 Å². The first-order valence-electron chi connectivity index (χ1n) is 10.3. The zero-order chi connectivity index (χ0) is 24.7. The molecule has 0 fully saturated rings. The van der Waals surface area contributed by atoms with E-state index in [4.69, 9.17) is 14.7 Å². The van der Waals surface area contributed by atoms with Crippen LogP contribution in [0.25, 0.3) is 21.4 Å². The number of alkyl halides is 3. The van der Waals surface area contributed by atoms with E-state index < -0.39 is 23.7 Å². The predicted molar refractivity (Wildman–Crippen MR) is 118 cm³/mol. The molecule has 0 aliphatic carbocycles. The van der Waals surface area contributed by atoms with Gasteiger partial charge < -0.3 is 14.5 Å². The van der Waals surface area contributed by atoms with Crippen molar-refractivity contribution in [1.29, 1.82) is 0 Å². The third-order valence-corrected chi connectivity index (χ3v) is 4.66. The number of ether oxygens (including phenoxy) is 1. The van der Waals surface area contributed by atoms with Gasteiger partial charge in [-0.2, -0.15) is 13.2 Å². The summed E-state index contributed by atoms with van der Waals surface area (Å²) in [4.78, 5) is 27.2. The number of hydrogen-bond donors (Lipinski definition) is 2. The van der Waals surface area contributed by atoms with Crippen molar-refractivity contribution >= 4 is 34.3 Å². The number of unbranched alkanes of at least 4 members (excludes halogenated alkanes) is 2. The van der Waals surface area contributed by atoms with Gasteiger partial charge in [-0.05, 0) is 54.4 Å². The van der Waals surface area contributed by atoms with Crippen molar-refractivity contribution < 1.29 is 31.9 Å². The van der Waals surface area contributed by atoms with Gasteiger partial charge in [0.1, 0.15) is 11.3 Å². The number of amides is 3. The highest BCUT2D eigenvalue weighted by Gasteiger charge is 2.35. The van der Waals surface area contributed by atoms with Gasteiger partial charge in [0.25, 0.3) is 5.91 Å². The number of hydrogen-bond acceptors (Lipinski definition) is 5. The van der Waals surface area contributed by atoms with Crippen LogP contribution in [-0.4, -0.2) is 18.5 Å². The number of fused-ring (bicyclic) bond motifs is 1. The molecular formula is C22H20F3N5O4. The molecule has 9 nitrogen and oxygen atoms in total. The van der Waals surface area contributed by atoms with Crippen molar-refractivity contribution in [3.05, 3.63) is 64.2 Å². The summed E-state index contributed by atoms with van der Waals surface area (Å²) in [6.07, 6.45) is -2.36. The maximum atomic E-state index is 13.4. The lowest BCUT2D eigenvalue weighted by Gasteiger charge is -2.16. The van der Waals surface area contributed by atoms with Crippen LogP contribution in [0.1, 0.15) is 42.3 Å². The SMILES string of the molecule is CCCCCOc1ccc(NC(=O)NC(=O)c2cc3cc(N=[N+]=[N-])ccc3o2)cc1C(F)(F)F. The third kappa shape index (κ3) is 6.20. The van der Waals surface area contributed by atoms with Crippen LogP contribution in [-0.2, 0) is 6.18 Å². The average Bonchev–Trinajstić information content (AvgIpc) is 3.20. The van der Waals surface area contributed by atoms with E-state index in [1.807, 2.05) is 12.2 Å². The van der Waals surface area contributed by atoms with Crippen molar-refractivity contribution in [1.82, 2.24) is 5.32 Å². The maximum Gasteiger partial charge on any atom is 0.420 e. The number of halogens is 3. The minimum Gasteiger partial charge on any atom is -0.493 e. The summed E-state index contributed by atoms with van der Waals surface area (Å²) in [5.41, 5.74) is 7.89. The second-order valence-electron chi connectivity index (χ2n) is 7.19. The van der Waals surface area contributed by atoms with Crippen LogP contribution >= 0.6 is 0 Å². The predicted octanol–water partition coefficient (Wildman–Crippen LogP) is 6.92. The van der Waals surface area contributed by atoms with Gasteiger partial charge >= 0.3 is 12.2 Å². The van der Waals surface area contributed by atoms with Gasteiger partial charge in [-0.15, -0.1) is 0 Å². The minimum atomic E-state index is -4.70. The lowest BCUT2D eigenvalue weighted by Crippen LogP contribution is -2.34. The Hall–Kier alpha value is -4.18. The molecule has 0 radical (unpaired) electrons. The first-order chi connectivity index (χ1) is 16.2. The van der Waals surface area contributed by atoms with Crippen LogP contribution in [0, 0.1) is 0 Å². The molecule has 0 aliphatic rings. The van der Waals surface area contributed by atoms with Gasteiger partial charge in [-0.3, -0.25) is 10.1 Å². The highest BCUT2D eigenvalue weighted by atomic mass is 19.4. The van der Waals surface area contributed by atoms with E-state index in [2.05, 4.69) is 15.3 Å². The second-order valence-corrected chi connectivity index (χ2v) is 7.19. The molecule has 0 aliphatic heterocycles. The standard InChI is InChI=1S/C22H20F3N5O4/c1-2-3-4-9-33-18-8-5-14(12-16(18)22(23,24)25)27-21(32)28-20(31)19-11-13-10-15(29-30-26)6-7-17(13)34-19/h5-8,10-12H,2-4,9H2,1H3,(H2,27,28,31,32). The van der Waals surface area contributed by atoms with Gasteiger partial charge in [0.2, 0.25) is 0 Å². The van der Waals surface area contributed by atoms with Crippen molar-refractivity contribution in [2.24, 2.45) is 5.11 Å². The first-order valence-corrected chi connectivity index (χ1v) is 10.3. The van der Waals surface area contributed by atoms with E-state index in [1.165, 1.54) is 30.3 Å². The summed E-state index contributed by atoms with van der Waals surface area (Å²) >= 11 is 0. The lowest BCUT2D eigenvalue weighted by molar-refractivity contribution is -0.138. The minimum absolute atomic E-state index is 0.139. The molecule has 1 aromatic heterocycles. The number of rotatable bonds is 8. The van der Waals surface area contributed by atoms with Crippen LogP contribution in [0.3, 0.4) is 0 Å². The van der Waals surface area contributed by atoms with Crippen molar-refractivity contribution in [3.8, 4) is 5.75 Å². The van der Waals surface area contributed by atoms with Crippen molar-refractivity contribution in [2.45, 2.75) is 32.4 Å². The number of carbonyl (C=O) groups excluding carboxylic acids is 2. The van der Waals surface area contributed by atoms with Crippen LogP contribution in [0.5, 0.6) is 5.75 Å². The molecule has 0 unspecified atom stereocenters. The first kappa shape index (κ1) is 24.5. The monoisotopic (exact) mass is 475 g/mol. The molecule has 3 amide bonds. The summed E-state index contributed by atoms with van der Waals surface area (Å²) in [5, 5.41) is 8.09. The number of benzene rings is 2. The fourth-order valence-corrected chi connectivity index (χ4v) is 3.07. The number of nitrogens with one attached hydrogen (secondary N) is 2. The summed E-state index contributed by atoms with van der Waals surface area (Å²) in [5.74, 6) is -1.46. The molecule has 0 saturated carbocycles.